The fourth-order valence-electron chi connectivity index (χ4n) is 2.90. The monoisotopic (exact) mass is 516 g/mol. The van der Waals surface area contributed by atoms with Crippen LogP contribution in [0.1, 0.15) is 11.1 Å². The SMILES string of the molecule is CS(=O)(=O)N(CC(=O)N/N=C\c1ccc(OCc2ccc(Cl)cc2)cc1)c1cccc([N+](=O)[O-])c1. The smallest absolute Gasteiger partial charge is 0.271 e. The van der Waals surface area contributed by atoms with E-state index in [0.717, 1.165) is 22.2 Å². The number of amides is 1. The molecule has 10 nitrogen and oxygen atoms in total. The van der Waals surface area contributed by atoms with Gasteiger partial charge in [-0.2, -0.15) is 5.10 Å². The second-order valence-corrected chi connectivity index (χ2v) is 9.67. The van der Waals surface area contributed by atoms with Gasteiger partial charge in [0, 0.05) is 17.2 Å². The zero-order chi connectivity index (χ0) is 25.4. The minimum absolute atomic E-state index is 0.00461. The number of nitro groups is 1. The van der Waals surface area contributed by atoms with Gasteiger partial charge in [0.1, 0.15) is 18.9 Å². The summed E-state index contributed by atoms with van der Waals surface area (Å²) in [6.07, 6.45) is 2.29. The van der Waals surface area contributed by atoms with Crippen LogP contribution in [0.3, 0.4) is 0 Å². The normalized spacial score (nSPS) is 11.3. The van der Waals surface area contributed by atoms with Gasteiger partial charge in [-0.15, -0.1) is 0 Å². The summed E-state index contributed by atoms with van der Waals surface area (Å²) < 4.78 is 30.8. The number of hydrogen-bond acceptors (Lipinski definition) is 7. The summed E-state index contributed by atoms with van der Waals surface area (Å²) in [5.41, 5.74) is 3.59. The molecule has 0 fully saturated rings. The second kappa shape index (κ2) is 11.4. The summed E-state index contributed by atoms with van der Waals surface area (Å²) in [5.74, 6) is -0.0806. The molecule has 0 saturated heterocycles. The molecular formula is C23H21ClN4O6S. The molecular weight excluding hydrogens is 496 g/mol. The molecule has 0 aliphatic rings. The summed E-state index contributed by atoms with van der Waals surface area (Å²) in [6.45, 7) is -0.225. The van der Waals surface area contributed by atoms with E-state index in [1.165, 1.54) is 24.4 Å². The van der Waals surface area contributed by atoms with Crippen molar-refractivity contribution >= 4 is 45.1 Å². The van der Waals surface area contributed by atoms with Gasteiger partial charge < -0.3 is 4.74 Å². The number of ether oxygens (including phenoxy) is 1. The molecule has 0 radical (unpaired) electrons. The molecule has 0 unspecified atom stereocenters. The molecule has 0 atom stereocenters. The molecule has 0 spiro atoms. The average Bonchev–Trinajstić information content (AvgIpc) is 2.82. The lowest BCUT2D eigenvalue weighted by Gasteiger charge is -2.21. The summed E-state index contributed by atoms with van der Waals surface area (Å²) in [4.78, 5) is 22.6. The Hall–Kier alpha value is -3.96. The minimum Gasteiger partial charge on any atom is -0.489 e. The van der Waals surface area contributed by atoms with Crippen molar-refractivity contribution in [2.75, 3.05) is 17.1 Å². The number of anilines is 1. The van der Waals surface area contributed by atoms with Crippen molar-refractivity contribution in [3.05, 3.63) is 99.1 Å². The maximum absolute atomic E-state index is 12.3. The fraction of sp³-hybridized carbons (Fsp3) is 0.130. The second-order valence-electron chi connectivity index (χ2n) is 7.32. The number of hydrazone groups is 1. The van der Waals surface area contributed by atoms with Crippen LogP contribution in [0.15, 0.2) is 77.9 Å². The number of halogens is 1. The van der Waals surface area contributed by atoms with Crippen molar-refractivity contribution in [1.82, 2.24) is 5.43 Å². The average molecular weight is 517 g/mol. The molecule has 3 rings (SSSR count). The highest BCUT2D eigenvalue weighted by atomic mass is 35.5. The molecule has 0 aromatic heterocycles. The molecule has 3 aromatic rings. The lowest BCUT2D eigenvalue weighted by molar-refractivity contribution is -0.384. The van der Waals surface area contributed by atoms with E-state index < -0.39 is 27.4 Å². The number of non-ortho nitro benzene ring substituents is 1. The Balaban J connectivity index is 1.57. The Morgan fingerprint density at radius 3 is 2.46 bits per heavy atom. The van der Waals surface area contributed by atoms with E-state index in [0.29, 0.717) is 22.9 Å². The quantitative estimate of drug-likeness (QED) is 0.248. The highest BCUT2D eigenvalue weighted by Crippen LogP contribution is 2.23. The lowest BCUT2D eigenvalue weighted by atomic mass is 10.2. The van der Waals surface area contributed by atoms with E-state index in [9.17, 15) is 23.3 Å². The third-order valence-electron chi connectivity index (χ3n) is 4.62. The molecule has 1 amide bonds. The van der Waals surface area contributed by atoms with Crippen LogP contribution in [0.5, 0.6) is 5.75 Å². The van der Waals surface area contributed by atoms with E-state index in [2.05, 4.69) is 10.5 Å². The van der Waals surface area contributed by atoms with E-state index in [1.807, 2.05) is 12.1 Å². The molecule has 1 N–H and O–H groups in total. The molecule has 182 valence electrons. The lowest BCUT2D eigenvalue weighted by Crippen LogP contribution is -2.39. The van der Waals surface area contributed by atoms with Gasteiger partial charge in [-0.1, -0.05) is 29.8 Å². The van der Waals surface area contributed by atoms with Crippen LogP contribution < -0.4 is 14.5 Å². The molecule has 3 aromatic carbocycles. The van der Waals surface area contributed by atoms with Crippen molar-refractivity contribution in [3.8, 4) is 5.75 Å². The standard InChI is InChI=1S/C23H21ClN4O6S/c1-35(32,33)27(20-3-2-4-21(13-20)28(30)31)15-23(29)26-25-14-17-7-11-22(12-8-17)34-16-18-5-9-19(24)10-6-18/h2-14H,15-16H2,1H3,(H,26,29)/b25-14-. The van der Waals surface area contributed by atoms with Crippen LogP contribution >= 0.6 is 11.6 Å². The molecule has 0 aliphatic carbocycles. The summed E-state index contributed by atoms with van der Waals surface area (Å²) in [5, 5.41) is 15.5. The predicted octanol–water partition coefficient (Wildman–Crippen LogP) is 3.74. The first-order chi connectivity index (χ1) is 16.6. The number of carbonyl (C=O) groups is 1. The number of sulfonamides is 1. The molecule has 35 heavy (non-hydrogen) atoms. The highest BCUT2D eigenvalue weighted by Gasteiger charge is 2.22. The van der Waals surface area contributed by atoms with E-state index in [-0.39, 0.29) is 11.4 Å². The fourth-order valence-corrected chi connectivity index (χ4v) is 3.88. The van der Waals surface area contributed by atoms with Gasteiger partial charge in [0.2, 0.25) is 10.0 Å². The van der Waals surface area contributed by atoms with Crippen molar-refractivity contribution in [2.24, 2.45) is 5.10 Å². The van der Waals surface area contributed by atoms with E-state index in [1.54, 1.807) is 36.4 Å². The van der Waals surface area contributed by atoms with Gasteiger partial charge in [-0.05, 0) is 53.6 Å². The third-order valence-corrected chi connectivity index (χ3v) is 6.01. The zero-order valence-corrected chi connectivity index (χ0v) is 20.1. The van der Waals surface area contributed by atoms with E-state index in [4.69, 9.17) is 16.3 Å². The van der Waals surface area contributed by atoms with Gasteiger partial charge >= 0.3 is 0 Å². The molecule has 0 heterocycles. The van der Waals surface area contributed by atoms with Crippen molar-refractivity contribution in [2.45, 2.75) is 6.61 Å². The first kappa shape index (κ1) is 25.7. The van der Waals surface area contributed by atoms with Gasteiger partial charge in [-0.3, -0.25) is 19.2 Å². The predicted molar refractivity (Wildman–Crippen MR) is 133 cm³/mol. The maximum atomic E-state index is 12.3. The summed E-state index contributed by atoms with van der Waals surface area (Å²) in [7, 11) is -3.89. The minimum atomic E-state index is -3.89. The van der Waals surface area contributed by atoms with Crippen LogP contribution in [0.2, 0.25) is 5.02 Å². The summed E-state index contributed by atoms with van der Waals surface area (Å²) in [6, 6.07) is 19.3. The largest absolute Gasteiger partial charge is 0.489 e. The Labute approximate surface area is 207 Å². The Morgan fingerprint density at radius 1 is 1.14 bits per heavy atom. The topological polar surface area (TPSA) is 131 Å². The van der Waals surface area contributed by atoms with Gasteiger partial charge in [0.25, 0.3) is 11.6 Å². The number of nitro benzene ring substituents is 1. The van der Waals surface area contributed by atoms with Crippen LogP contribution in [-0.4, -0.2) is 38.3 Å². The van der Waals surface area contributed by atoms with Crippen LogP contribution in [0.25, 0.3) is 0 Å². The number of nitrogens with zero attached hydrogens (tertiary/aromatic N) is 3. The number of nitrogens with one attached hydrogen (secondary N) is 1. The van der Waals surface area contributed by atoms with Crippen LogP contribution in [-0.2, 0) is 21.4 Å². The third kappa shape index (κ3) is 7.80. The van der Waals surface area contributed by atoms with Crippen molar-refractivity contribution in [1.29, 1.82) is 0 Å². The molecule has 0 saturated carbocycles. The van der Waals surface area contributed by atoms with Crippen LogP contribution in [0.4, 0.5) is 11.4 Å². The number of carbonyl (C=O) groups excluding carboxylic acids is 1. The number of benzene rings is 3. The maximum Gasteiger partial charge on any atom is 0.271 e. The van der Waals surface area contributed by atoms with Crippen molar-refractivity contribution < 1.29 is 22.9 Å². The van der Waals surface area contributed by atoms with Gasteiger partial charge in [0.15, 0.2) is 0 Å². The first-order valence-corrected chi connectivity index (χ1v) is 12.4. The highest BCUT2D eigenvalue weighted by molar-refractivity contribution is 7.92. The zero-order valence-electron chi connectivity index (χ0n) is 18.5. The van der Waals surface area contributed by atoms with Crippen molar-refractivity contribution in [3.63, 3.8) is 0 Å². The Morgan fingerprint density at radius 2 is 1.83 bits per heavy atom. The van der Waals surface area contributed by atoms with E-state index >= 15 is 0 Å². The Bertz CT molecular complexity index is 1330. The number of rotatable bonds is 10. The summed E-state index contributed by atoms with van der Waals surface area (Å²) >= 11 is 5.87. The van der Waals surface area contributed by atoms with Gasteiger partial charge in [-0.25, -0.2) is 13.8 Å². The molecule has 0 aliphatic heterocycles. The van der Waals surface area contributed by atoms with Gasteiger partial charge in [0.05, 0.1) is 23.1 Å². The van der Waals surface area contributed by atoms with Crippen LogP contribution in [0, 0.1) is 10.1 Å². The Kier molecular flexibility index (Phi) is 8.39. The molecule has 12 heteroatoms. The first-order valence-electron chi connectivity index (χ1n) is 10.1. The molecule has 0 bridgehead atoms. The number of hydrogen-bond donors (Lipinski definition) is 1.